The standard InChI is InChI=1S/C11H20N4O2/c1-6(2)9(11(16)17-5)13-10-8(12)7(3)14-15(10)4/h6,9,13H,12H2,1-5H3. The number of methoxy groups -OCH3 is 1. The lowest BCUT2D eigenvalue weighted by atomic mass is 10.0. The molecule has 0 radical (unpaired) electrons. The van der Waals surface area contributed by atoms with E-state index in [2.05, 4.69) is 10.4 Å². The van der Waals surface area contributed by atoms with Crippen molar-refractivity contribution >= 4 is 17.5 Å². The first-order valence-electron chi connectivity index (χ1n) is 5.51. The highest BCUT2D eigenvalue weighted by molar-refractivity contribution is 5.81. The molecule has 0 fully saturated rings. The molecule has 1 aromatic heterocycles. The minimum Gasteiger partial charge on any atom is -0.467 e. The van der Waals surface area contributed by atoms with E-state index < -0.39 is 6.04 Å². The fraction of sp³-hybridized carbons (Fsp3) is 0.636. The Morgan fingerprint density at radius 2 is 2.12 bits per heavy atom. The summed E-state index contributed by atoms with van der Waals surface area (Å²) >= 11 is 0. The van der Waals surface area contributed by atoms with Crippen molar-refractivity contribution in [3.63, 3.8) is 0 Å². The molecule has 0 spiro atoms. The van der Waals surface area contributed by atoms with Gasteiger partial charge in [0.25, 0.3) is 0 Å². The monoisotopic (exact) mass is 240 g/mol. The first-order valence-corrected chi connectivity index (χ1v) is 5.51. The number of aryl methyl sites for hydroxylation is 2. The van der Waals surface area contributed by atoms with Gasteiger partial charge in [0, 0.05) is 7.05 Å². The van der Waals surface area contributed by atoms with Crippen molar-refractivity contribution in [3.05, 3.63) is 5.69 Å². The minimum absolute atomic E-state index is 0.0945. The fourth-order valence-electron chi connectivity index (χ4n) is 1.62. The second-order valence-electron chi connectivity index (χ2n) is 4.36. The van der Waals surface area contributed by atoms with Crippen molar-refractivity contribution in [1.29, 1.82) is 0 Å². The highest BCUT2D eigenvalue weighted by Crippen LogP contribution is 2.23. The third-order valence-electron chi connectivity index (χ3n) is 2.68. The van der Waals surface area contributed by atoms with Gasteiger partial charge in [-0.2, -0.15) is 5.10 Å². The highest BCUT2D eigenvalue weighted by atomic mass is 16.5. The Morgan fingerprint density at radius 1 is 1.53 bits per heavy atom. The average Bonchev–Trinajstić information content (AvgIpc) is 2.49. The number of nitrogen functional groups attached to an aromatic ring is 1. The first-order chi connectivity index (χ1) is 7.88. The topological polar surface area (TPSA) is 82.2 Å². The van der Waals surface area contributed by atoms with E-state index in [0.29, 0.717) is 11.5 Å². The normalized spacial score (nSPS) is 12.6. The van der Waals surface area contributed by atoms with E-state index in [1.807, 2.05) is 20.8 Å². The van der Waals surface area contributed by atoms with Gasteiger partial charge in [-0.1, -0.05) is 13.8 Å². The Kier molecular flexibility index (Phi) is 3.98. The zero-order chi connectivity index (χ0) is 13.2. The summed E-state index contributed by atoms with van der Waals surface area (Å²) in [5.41, 5.74) is 7.19. The Labute approximate surface area is 101 Å². The fourth-order valence-corrected chi connectivity index (χ4v) is 1.62. The molecule has 3 N–H and O–H groups in total. The molecule has 1 rings (SSSR count). The van der Waals surface area contributed by atoms with Gasteiger partial charge in [0.05, 0.1) is 18.5 Å². The van der Waals surface area contributed by atoms with Crippen molar-refractivity contribution in [3.8, 4) is 0 Å². The molecule has 6 heteroatoms. The summed E-state index contributed by atoms with van der Waals surface area (Å²) in [5.74, 6) is 0.432. The van der Waals surface area contributed by atoms with Crippen molar-refractivity contribution in [2.75, 3.05) is 18.2 Å². The molecule has 1 heterocycles. The number of nitrogens with one attached hydrogen (secondary N) is 1. The molecule has 1 atom stereocenters. The number of carbonyl (C=O) groups excluding carboxylic acids is 1. The van der Waals surface area contributed by atoms with E-state index >= 15 is 0 Å². The Balaban J connectivity index is 2.97. The molecule has 0 aliphatic rings. The van der Waals surface area contributed by atoms with Crippen LogP contribution in [0.5, 0.6) is 0 Å². The summed E-state index contributed by atoms with van der Waals surface area (Å²) in [6.07, 6.45) is 0. The van der Waals surface area contributed by atoms with Gasteiger partial charge >= 0.3 is 5.97 Å². The minimum atomic E-state index is -0.433. The number of rotatable bonds is 4. The zero-order valence-electron chi connectivity index (χ0n) is 10.9. The quantitative estimate of drug-likeness (QED) is 0.765. The first kappa shape index (κ1) is 13.3. The van der Waals surface area contributed by atoms with Crippen LogP contribution in [0.15, 0.2) is 0 Å². The van der Waals surface area contributed by atoms with Gasteiger partial charge in [0.1, 0.15) is 11.9 Å². The van der Waals surface area contributed by atoms with Crippen LogP contribution >= 0.6 is 0 Å². The second kappa shape index (κ2) is 5.07. The number of nitrogens with two attached hydrogens (primary N) is 1. The SMILES string of the molecule is COC(=O)C(Nc1c(N)c(C)nn1C)C(C)C. The largest absolute Gasteiger partial charge is 0.467 e. The van der Waals surface area contributed by atoms with Crippen LogP contribution in [-0.2, 0) is 16.6 Å². The van der Waals surface area contributed by atoms with E-state index in [9.17, 15) is 4.79 Å². The van der Waals surface area contributed by atoms with Crippen LogP contribution in [0.25, 0.3) is 0 Å². The highest BCUT2D eigenvalue weighted by Gasteiger charge is 2.25. The summed E-state index contributed by atoms with van der Waals surface area (Å²) in [6.45, 7) is 5.70. The van der Waals surface area contributed by atoms with E-state index in [1.165, 1.54) is 7.11 Å². The number of ether oxygens (including phenoxy) is 1. The van der Waals surface area contributed by atoms with Gasteiger partial charge in [-0.3, -0.25) is 4.68 Å². The van der Waals surface area contributed by atoms with Crippen LogP contribution in [-0.4, -0.2) is 28.9 Å². The Bertz CT molecular complexity index is 412. The smallest absolute Gasteiger partial charge is 0.328 e. The number of nitrogens with zero attached hydrogens (tertiary/aromatic N) is 2. The van der Waals surface area contributed by atoms with E-state index in [-0.39, 0.29) is 11.9 Å². The summed E-state index contributed by atoms with van der Waals surface area (Å²) in [7, 11) is 3.15. The van der Waals surface area contributed by atoms with Gasteiger partial charge in [-0.15, -0.1) is 0 Å². The molecular formula is C11H20N4O2. The van der Waals surface area contributed by atoms with Crippen molar-refractivity contribution in [1.82, 2.24) is 9.78 Å². The molecule has 96 valence electrons. The van der Waals surface area contributed by atoms with Crippen LogP contribution in [0.1, 0.15) is 19.5 Å². The van der Waals surface area contributed by atoms with Gasteiger partial charge in [0.2, 0.25) is 0 Å². The van der Waals surface area contributed by atoms with Crippen molar-refractivity contribution < 1.29 is 9.53 Å². The molecule has 0 saturated heterocycles. The lowest BCUT2D eigenvalue weighted by Crippen LogP contribution is -2.36. The molecule has 17 heavy (non-hydrogen) atoms. The molecule has 0 saturated carbocycles. The number of hydrogen-bond donors (Lipinski definition) is 2. The van der Waals surface area contributed by atoms with Crippen LogP contribution in [0.4, 0.5) is 11.5 Å². The third kappa shape index (κ3) is 2.69. The Morgan fingerprint density at radius 3 is 2.47 bits per heavy atom. The van der Waals surface area contributed by atoms with E-state index in [4.69, 9.17) is 10.5 Å². The molecule has 6 nitrogen and oxygen atoms in total. The van der Waals surface area contributed by atoms with Crippen molar-refractivity contribution in [2.45, 2.75) is 26.8 Å². The lowest BCUT2D eigenvalue weighted by molar-refractivity contribution is -0.142. The molecular weight excluding hydrogens is 220 g/mol. The average molecular weight is 240 g/mol. The molecule has 0 amide bonds. The molecule has 0 aliphatic carbocycles. The number of carbonyl (C=O) groups is 1. The summed E-state index contributed by atoms with van der Waals surface area (Å²) in [4.78, 5) is 11.6. The molecule has 0 bridgehead atoms. The zero-order valence-corrected chi connectivity index (χ0v) is 10.9. The number of aromatic nitrogens is 2. The molecule has 1 aromatic rings. The molecule has 1 unspecified atom stereocenters. The van der Waals surface area contributed by atoms with Gasteiger partial charge in [-0.25, -0.2) is 4.79 Å². The van der Waals surface area contributed by atoms with Crippen LogP contribution in [0.3, 0.4) is 0 Å². The van der Waals surface area contributed by atoms with Gasteiger partial charge in [0.15, 0.2) is 0 Å². The number of esters is 1. The van der Waals surface area contributed by atoms with E-state index in [0.717, 1.165) is 5.69 Å². The number of hydrogen-bond acceptors (Lipinski definition) is 5. The lowest BCUT2D eigenvalue weighted by Gasteiger charge is -2.21. The third-order valence-corrected chi connectivity index (χ3v) is 2.68. The maximum Gasteiger partial charge on any atom is 0.328 e. The van der Waals surface area contributed by atoms with E-state index in [1.54, 1.807) is 11.7 Å². The molecule has 0 aliphatic heterocycles. The number of anilines is 2. The van der Waals surface area contributed by atoms with Crippen LogP contribution < -0.4 is 11.1 Å². The van der Waals surface area contributed by atoms with Gasteiger partial charge < -0.3 is 15.8 Å². The molecule has 0 aromatic carbocycles. The van der Waals surface area contributed by atoms with Crippen LogP contribution in [0.2, 0.25) is 0 Å². The second-order valence-corrected chi connectivity index (χ2v) is 4.36. The maximum absolute atomic E-state index is 11.6. The maximum atomic E-state index is 11.6. The van der Waals surface area contributed by atoms with Gasteiger partial charge in [-0.05, 0) is 12.8 Å². The predicted molar refractivity (Wildman–Crippen MR) is 66.6 cm³/mol. The van der Waals surface area contributed by atoms with Crippen molar-refractivity contribution in [2.24, 2.45) is 13.0 Å². The summed E-state index contributed by atoms with van der Waals surface area (Å²) < 4.78 is 6.39. The predicted octanol–water partition coefficient (Wildman–Crippen LogP) is 0.920. The van der Waals surface area contributed by atoms with Crippen LogP contribution in [0, 0.1) is 12.8 Å². The summed E-state index contributed by atoms with van der Waals surface area (Å²) in [6, 6.07) is -0.433. The summed E-state index contributed by atoms with van der Waals surface area (Å²) in [5, 5.41) is 7.27. The Hall–Kier alpha value is -1.72.